The third-order valence-electron chi connectivity index (χ3n) is 4.83. The molecule has 8 nitrogen and oxygen atoms in total. The summed E-state index contributed by atoms with van der Waals surface area (Å²) in [6, 6.07) is 7.41. The van der Waals surface area contributed by atoms with Gasteiger partial charge in [0.05, 0.1) is 25.5 Å². The predicted octanol–water partition coefficient (Wildman–Crippen LogP) is 2.94. The normalized spacial score (nSPS) is 13.9. The molecule has 1 fully saturated rings. The number of hydrogen-bond acceptors (Lipinski definition) is 7. The van der Waals surface area contributed by atoms with Gasteiger partial charge in [-0.25, -0.2) is 0 Å². The molecule has 1 amide bonds. The first kappa shape index (κ1) is 21.7. The number of carbonyl (C=O) groups is 1. The van der Waals surface area contributed by atoms with Gasteiger partial charge in [0.1, 0.15) is 0 Å². The fourth-order valence-electron chi connectivity index (χ4n) is 3.39. The van der Waals surface area contributed by atoms with Gasteiger partial charge < -0.3 is 24.0 Å². The number of aryl methyl sites for hydroxylation is 1. The van der Waals surface area contributed by atoms with E-state index in [0.717, 1.165) is 11.5 Å². The Labute approximate surface area is 177 Å². The molecule has 0 atom stereocenters. The van der Waals surface area contributed by atoms with Crippen molar-refractivity contribution in [2.75, 3.05) is 50.9 Å². The third-order valence-corrected chi connectivity index (χ3v) is 4.83. The molecule has 0 radical (unpaired) electrons. The zero-order valence-electron chi connectivity index (χ0n) is 18.2. The number of anilines is 1. The molecule has 0 N–H and O–H groups in total. The third kappa shape index (κ3) is 4.93. The van der Waals surface area contributed by atoms with E-state index in [-0.39, 0.29) is 5.91 Å². The number of piperazine rings is 1. The molecule has 0 spiro atoms. The summed E-state index contributed by atoms with van der Waals surface area (Å²) >= 11 is 0. The van der Waals surface area contributed by atoms with Crippen LogP contribution in [-0.2, 0) is 0 Å². The van der Waals surface area contributed by atoms with E-state index in [1.165, 1.54) is 0 Å². The number of hydrogen-bond donors (Lipinski definition) is 0. The SMILES string of the molecule is CCOc1cc(C(=O)N2CCN(c3ccc(C)nn3)CC2)cc(OCC)c1OCC. The van der Waals surface area contributed by atoms with Crippen molar-refractivity contribution in [1.82, 2.24) is 15.1 Å². The zero-order chi connectivity index (χ0) is 21.5. The molecule has 1 aliphatic rings. The Balaban J connectivity index is 1.76. The molecule has 30 heavy (non-hydrogen) atoms. The summed E-state index contributed by atoms with van der Waals surface area (Å²) in [6.45, 7) is 11.7. The summed E-state index contributed by atoms with van der Waals surface area (Å²) in [5, 5.41) is 8.37. The molecular weight excluding hydrogens is 384 g/mol. The largest absolute Gasteiger partial charge is 0.490 e. The number of aromatic nitrogens is 2. The summed E-state index contributed by atoms with van der Waals surface area (Å²) in [4.78, 5) is 17.2. The van der Waals surface area contributed by atoms with Crippen LogP contribution in [0.4, 0.5) is 5.82 Å². The molecular formula is C22H30N4O4. The van der Waals surface area contributed by atoms with Crippen LogP contribution in [0.5, 0.6) is 17.2 Å². The maximum absolute atomic E-state index is 13.2. The van der Waals surface area contributed by atoms with Crippen molar-refractivity contribution in [1.29, 1.82) is 0 Å². The summed E-state index contributed by atoms with van der Waals surface area (Å²) in [5.41, 5.74) is 1.42. The van der Waals surface area contributed by atoms with E-state index in [0.29, 0.717) is 68.8 Å². The van der Waals surface area contributed by atoms with Gasteiger partial charge in [-0.1, -0.05) is 0 Å². The average molecular weight is 415 g/mol. The molecule has 1 saturated heterocycles. The predicted molar refractivity (Wildman–Crippen MR) is 115 cm³/mol. The Morgan fingerprint density at radius 2 is 1.50 bits per heavy atom. The minimum absolute atomic E-state index is 0.0467. The molecule has 1 aliphatic heterocycles. The van der Waals surface area contributed by atoms with Gasteiger partial charge in [-0.05, 0) is 52.0 Å². The average Bonchev–Trinajstić information content (AvgIpc) is 2.76. The van der Waals surface area contributed by atoms with Crippen molar-refractivity contribution >= 4 is 11.7 Å². The molecule has 1 aromatic heterocycles. The van der Waals surface area contributed by atoms with Gasteiger partial charge in [0.2, 0.25) is 5.75 Å². The van der Waals surface area contributed by atoms with E-state index in [1.807, 2.05) is 44.7 Å². The quantitative estimate of drug-likeness (QED) is 0.657. The number of benzene rings is 1. The molecule has 162 valence electrons. The molecule has 1 aromatic carbocycles. The standard InChI is InChI=1S/C22H30N4O4/c1-5-28-18-14-17(15-19(29-6-2)21(18)30-7-3)22(27)26-12-10-25(11-13-26)20-9-8-16(4)23-24-20/h8-9,14-15H,5-7,10-13H2,1-4H3. The van der Waals surface area contributed by atoms with Crippen molar-refractivity contribution in [3.05, 3.63) is 35.5 Å². The van der Waals surface area contributed by atoms with Gasteiger partial charge >= 0.3 is 0 Å². The zero-order valence-corrected chi connectivity index (χ0v) is 18.2. The van der Waals surface area contributed by atoms with Crippen molar-refractivity contribution in [3.63, 3.8) is 0 Å². The molecule has 2 aromatic rings. The van der Waals surface area contributed by atoms with Crippen LogP contribution >= 0.6 is 0 Å². The molecule has 0 bridgehead atoms. The van der Waals surface area contributed by atoms with Crippen LogP contribution in [0.3, 0.4) is 0 Å². The van der Waals surface area contributed by atoms with Gasteiger partial charge in [0.15, 0.2) is 17.3 Å². The summed E-state index contributed by atoms with van der Waals surface area (Å²) < 4.78 is 17.2. The van der Waals surface area contributed by atoms with Crippen LogP contribution in [0.25, 0.3) is 0 Å². The lowest BCUT2D eigenvalue weighted by molar-refractivity contribution is 0.0745. The van der Waals surface area contributed by atoms with E-state index < -0.39 is 0 Å². The Morgan fingerprint density at radius 3 is 2.00 bits per heavy atom. The first-order valence-corrected chi connectivity index (χ1v) is 10.5. The highest BCUT2D eigenvalue weighted by molar-refractivity contribution is 5.95. The topological polar surface area (TPSA) is 77.0 Å². The maximum atomic E-state index is 13.2. The summed E-state index contributed by atoms with van der Waals surface area (Å²) in [6.07, 6.45) is 0. The fraction of sp³-hybridized carbons (Fsp3) is 0.500. The van der Waals surface area contributed by atoms with E-state index >= 15 is 0 Å². The number of rotatable bonds is 8. The lowest BCUT2D eigenvalue weighted by Crippen LogP contribution is -2.49. The van der Waals surface area contributed by atoms with E-state index in [9.17, 15) is 4.79 Å². The minimum atomic E-state index is -0.0467. The molecule has 0 aliphatic carbocycles. The van der Waals surface area contributed by atoms with Gasteiger partial charge in [-0.3, -0.25) is 4.79 Å². The first-order valence-electron chi connectivity index (χ1n) is 10.5. The number of ether oxygens (including phenoxy) is 3. The van der Waals surface area contributed by atoms with E-state index in [4.69, 9.17) is 14.2 Å². The monoisotopic (exact) mass is 414 g/mol. The van der Waals surface area contributed by atoms with Gasteiger partial charge in [-0.15, -0.1) is 5.10 Å². The Bertz CT molecular complexity index is 822. The Kier molecular flexibility index (Phi) is 7.32. The highest BCUT2D eigenvalue weighted by atomic mass is 16.5. The maximum Gasteiger partial charge on any atom is 0.254 e. The van der Waals surface area contributed by atoms with Gasteiger partial charge in [0, 0.05) is 31.7 Å². The molecule has 0 unspecified atom stereocenters. The van der Waals surface area contributed by atoms with Crippen LogP contribution in [0.15, 0.2) is 24.3 Å². The van der Waals surface area contributed by atoms with Crippen molar-refractivity contribution in [2.24, 2.45) is 0 Å². The van der Waals surface area contributed by atoms with Crippen LogP contribution in [0.1, 0.15) is 36.8 Å². The number of carbonyl (C=O) groups excluding carboxylic acids is 1. The highest BCUT2D eigenvalue weighted by Crippen LogP contribution is 2.39. The van der Waals surface area contributed by atoms with Crippen molar-refractivity contribution < 1.29 is 19.0 Å². The first-order chi connectivity index (χ1) is 14.6. The van der Waals surface area contributed by atoms with Crippen molar-refractivity contribution in [2.45, 2.75) is 27.7 Å². The number of nitrogens with zero attached hydrogens (tertiary/aromatic N) is 4. The Morgan fingerprint density at radius 1 is 0.900 bits per heavy atom. The van der Waals surface area contributed by atoms with Crippen LogP contribution < -0.4 is 19.1 Å². The van der Waals surface area contributed by atoms with Gasteiger partial charge in [-0.2, -0.15) is 5.10 Å². The van der Waals surface area contributed by atoms with Crippen LogP contribution in [0, 0.1) is 6.92 Å². The second-order valence-corrected chi connectivity index (χ2v) is 6.91. The van der Waals surface area contributed by atoms with Crippen molar-refractivity contribution in [3.8, 4) is 17.2 Å². The summed E-state index contributed by atoms with van der Waals surface area (Å²) in [7, 11) is 0. The smallest absolute Gasteiger partial charge is 0.254 e. The van der Waals surface area contributed by atoms with Gasteiger partial charge in [0.25, 0.3) is 5.91 Å². The number of amides is 1. The summed E-state index contributed by atoms with van der Waals surface area (Å²) in [5.74, 6) is 2.39. The lowest BCUT2D eigenvalue weighted by atomic mass is 10.1. The molecule has 0 saturated carbocycles. The Hall–Kier alpha value is -3.03. The fourth-order valence-corrected chi connectivity index (χ4v) is 3.39. The molecule has 2 heterocycles. The lowest BCUT2D eigenvalue weighted by Gasteiger charge is -2.35. The highest BCUT2D eigenvalue weighted by Gasteiger charge is 2.25. The van der Waals surface area contributed by atoms with Crippen LogP contribution in [0.2, 0.25) is 0 Å². The second-order valence-electron chi connectivity index (χ2n) is 6.91. The minimum Gasteiger partial charge on any atom is -0.490 e. The van der Waals surface area contributed by atoms with Crippen LogP contribution in [-0.4, -0.2) is 67.0 Å². The second kappa shape index (κ2) is 10.1. The van der Waals surface area contributed by atoms with E-state index in [1.54, 1.807) is 12.1 Å². The molecule has 8 heteroatoms. The van der Waals surface area contributed by atoms with E-state index in [2.05, 4.69) is 15.1 Å². The molecule has 3 rings (SSSR count).